The van der Waals surface area contributed by atoms with Crippen LogP contribution in [0.1, 0.15) is 26.3 Å². The topological polar surface area (TPSA) is 72.2 Å². The van der Waals surface area contributed by atoms with Gasteiger partial charge in [-0.1, -0.05) is 51.1 Å². The van der Waals surface area contributed by atoms with E-state index < -0.39 is 10.0 Å². The molecule has 4 nitrogen and oxygen atoms in total. The van der Waals surface area contributed by atoms with E-state index >= 15 is 0 Å². The van der Waals surface area contributed by atoms with Crippen LogP contribution in [-0.4, -0.2) is 26.8 Å². The van der Waals surface area contributed by atoms with Gasteiger partial charge in [0.25, 0.3) is 0 Å². The van der Waals surface area contributed by atoms with E-state index in [2.05, 4.69) is 4.72 Å². The van der Waals surface area contributed by atoms with Crippen molar-refractivity contribution in [1.82, 2.24) is 4.72 Å². The van der Waals surface area contributed by atoms with E-state index in [-0.39, 0.29) is 23.8 Å². The Labute approximate surface area is 116 Å². The number of rotatable bonds is 6. The zero-order chi connectivity index (χ0) is 14.5. The van der Waals surface area contributed by atoms with Crippen LogP contribution >= 0.6 is 0 Å². The molecule has 0 aliphatic carbocycles. The predicted molar refractivity (Wildman–Crippen MR) is 79.4 cm³/mol. The highest BCUT2D eigenvalue weighted by Gasteiger charge is 2.24. The lowest BCUT2D eigenvalue weighted by Crippen LogP contribution is -2.44. The quantitative estimate of drug-likeness (QED) is 0.832. The normalized spacial score (nSPS) is 14.3. The summed E-state index contributed by atoms with van der Waals surface area (Å²) in [4.78, 5) is 0. The molecular weight excluding hydrogens is 260 g/mol. The van der Waals surface area contributed by atoms with Gasteiger partial charge in [-0.25, -0.2) is 13.1 Å². The van der Waals surface area contributed by atoms with Gasteiger partial charge in [0, 0.05) is 12.6 Å². The van der Waals surface area contributed by atoms with Gasteiger partial charge >= 0.3 is 0 Å². The van der Waals surface area contributed by atoms with E-state index in [1.54, 1.807) is 0 Å². The minimum Gasteiger partial charge on any atom is -0.329 e. The largest absolute Gasteiger partial charge is 0.329 e. The van der Waals surface area contributed by atoms with E-state index in [1.165, 1.54) is 0 Å². The molecule has 1 rings (SSSR count). The SMILES string of the molecule is CC(C)(C)CS(=O)(=O)NC(CN)Cc1ccccc1. The van der Waals surface area contributed by atoms with E-state index in [9.17, 15) is 8.42 Å². The number of nitrogens with two attached hydrogens (primary N) is 1. The summed E-state index contributed by atoms with van der Waals surface area (Å²) < 4.78 is 26.8. The molecule has 0 heterocycles. The van der Waals surface area contributed by atoms with Crippen molar-refractivity contribution in [3.63, 3.8) is 0 Å². The van der Waals surface area contributed by atoms with Crippen LogP contribution in [0.5, 0.6) is 0 Å². The van der Waals surface area contributed by atoms with E-state index in [0.29, 0.717) is 6.42 Å². The summed E-state index contributed by atoms with van der Waals surface area (Å²) >= 11 is 0. The smallest absolute Gasteiger partial charge is 0.212 e. The van der Waals surface area contributed by atoms with Crippen molar-refractivity contribution in [1.29, 1.82) is 0 Å². The molecule has 0 aliphatic rings. The molecule has 3 N–H and O–H groups in total. The van der Waals surface area contributed by atoms with Gasteiger partial charge in [-0.2, -0.15) is 0 Å². The Morgan fingerprint density at radius 1 is 1.21 bits per heavy atom. The monoisotopic (exact) mass is 284 g/mol. The number of hydrogen-bond acceptors (Lipinski definition) is 3. The summed E-state index contributed by atoms with van der Waals surface area (Å²) in [6.45, 7) is 6.00. The van der Waals surface area contributed by atoms with Crippen molar-refractivity contribution < 1.29 is 8.42 Å². The van der Waals surface area contributed by atoms with Crippen molar-refractivity contribution >= 4 is 10.0 Å². The maximum Gasteiger partial charge on any atom is 0.212 e. The molecule has 0 saturated heterocycles. The van der Waals surface area contributed by atoms with Gasteiger partial charge in [-0.3, -0.25) is 0 Å². The Morgan fingerprint density at radius 3 is 2.26 bits per heavy atom. The Hall–Kier alpha value is -0.910. The fraction of sp³-hybridized carbons (Fsp3) is 0.571. The molecule has 0 aliphatic heterocycles. The van der Waals surface area contributed by atoms with Crippen LogP contribution in [-0.2, 0) is 16.4 Å². The van der Waals surface area contributed by atoms with Crippen LogP contribution in [0, 0.1) is 5.41 Å². The van der Waals surface area contributed by atoms with Crippen LogP contribution in [0.2, 0.25) is 0 Å². The van der Waals surface area contributed by atoms with Crippen LogP contribution in [0.15, 0.2) is 30.3 Å². The molecule has 0 amide bonds. The highest BCUT2D eigenvalue weighted by atomic mass is 32.2. The molecule has 1 aromatic carbocycles. The summed E-state index contributed by atoms with van der Waals surface area (Å²) in [5, 5.41) is 0. The van der Waals surface area contributed by atoms with Gasteiger partial charge in [0.2, 0.25) is 10.0 Å². The molecule has 0 spiro atoms. The zero-order valence-electron chi connectivity index (χ0n) is 11.9. The summed E-state index contributed by atoms with van der Waals surface area (Å²) in [5.41, 5.74) is 6.48. The highest BCUT2D eigenvalue weighted by Crippen LogP contribution is 2.16. The lowest BCUT2D eigenvalue weighted by molar-refractivity contribution is 0.453. The third-order valence-electron chi connectivity index (χ3n) is 2.58. The number of hydrogen-bond donors (Lipinski definition) is 2. The van der Waals surface area contributed by atoms with Crippen LogP contribution in [0.3, 0.4) is 0 Å². The highest BCUT2D eigenvalue weighted by molar-refractivity contribution is 7.89. The first-order chi connectivity index (χ1) is 8.72. The molecule has 19 heavy (non-hydrogen) atoms. The lowest BCUT2D eigenvalue weighted by Gasteiger charge is -2.22. The molecule has 1 aromatic rings. The second kappa shape index (κ2) is 6.50. The molecule has 1 unspecified atom stereocenters. The van der Waals surface area contributed by atoms with E-state index in [0.717, 1.165) is 5.56 Å². The van der Waals surface area contributed by atoms with Gasteiger partial charge in [-0.15, -0.1) is 0 Å². The fourth-order valence-electron chi connectivity index (χ4n) is 1.94. The first kappa shape index (κ1) is 16.1. The molecule has 0 fully saturated rings. The Morgan fingerprint density at radius 2 is 1.79 bits per heavy atom. The van der Waals surface area contributed by atoms with Crippen molar-refractivity contribution in [3.8, 4) is 0 Å². The Balaban J connectivity index is 2.67. The average Bonchev–Trinajstić information content (AvgIpc) is 2.25. The van der Waals surface area contributed by atoms with Gasteiger partial charge < -0.3 is 5.73 Å². The lowest BCUT2D eigenvalue weighted by atomic mass is 10.0. The van der Waals surface area contributed by atoms with Crippen LogP contribution in [0.25, 0.3) is 0 Å². The summed E-state index contributed by atoms with van der Waals surface area (Å²) in [6.07, 6.45) is 0.612. The predicted octanol–water partition coefficient (Wildman–Crippen LogP) is 1.52. The first-order valence-corrected chi connectivity index (χ1v) is 8.11. The minimum atomic E-state index is -3.30. The summed E-state index contributed by atoms with van der Waals surface area (Å²) in [5.74, 6) is 0.102. The molecule has 5 heteroatoms. The van der Waals surface area contributed by atoms with Crippen molar-refractivity contribution in [2.45, 2.75) is 33.2 Å². The summed E-state index contributed by atoms with van der Waals surface area (Å²) in [7, 11) is -3.30. The number of sulfonamides is 1. The molecule has 0 saturated carbocycles. The van der Waals surface area contributed by atoms with Gasteiger partial charge in [0.15, 0.2) is 0 Å². The molecule has 0 aromatic heterocycles. The maximum absolute atomic E-state index is 12.0. The molecular formula is C14H24N2O2S. The standard InChI is InChI=1S/C14H24N2O2S/c1-14(2,3)11-19(17,18)16-13(10-15)9-12-7-5-4-6-8-12/h4-8,13,16H,9-11,15H2,1-3H3. The first-order valence-electron chi connectivity index (χ1n) is 6.46. The average molecular weight is 284 g/mol. The second-order valence-electron chi connectivity index (χ2n) is 6.06. The maximum atomic E-state index is 12.0. The second-order valence-corrected chi connectivity index (χ2v) is 7.81. The third kappa shape index (κ3) is 6.71. The Kier molecular flexibility index (Phi) is 5.52. The van der Waals surface area contributed by atoms with E-state index in [1.807, 2.05) is 51.1 Å². The number of benzene rings is 1. The number of nitrogens with one attached hydrogen (secondary N) is 1. The summed E-state index contributed by atoms with van der Waals surface area (Å²) in [6, 6.07) is 9.50. The molecule has 1 atom stereocenters. The minimum absolute atomic E-state index is 0.102. The van der Waals surface area contributed by atoms with Gasteiger partial charge in [-0.05, 0) is 17.4 Å². The van der Waals surface area contributed by atoms with Gasteiger partial charge in [0.05, 0.1) is 5.75 Å². The molecule has 0 bridgehead atoms. The van der Waals surface area contributed by atoms with Crippen molar-refractivity contribution in [3.05, 3.63) is 35.9 Å². The molecule has 0 radical (unpaired) electrons. The fourth-order valence-corrected chi connectivity index (χ4v) is 3.85. The molecule has 108 valence electrons. The third-order valence-corrected chi connectivity index (χ3v) is 4.52. The van der Waals surface area contributed by atoms with E-state index in [4.69, 9.17) is 5.73 Å². The van der Waals surface area contributed by atoms with Crippen molar-refractivity contribution in [2.75, 3.05) is 12.3 Å². The van der Waals surface area contributed by atoms with Crippen molar-refractivity contribution in [2.24, 2.45) is 11.1 Å². The Bertz CT molecular complexity index is 478. The van der Waals surface area contributed by atoms with Crippen LogP contribution in [0.4, 0.5) is 0 Å². The van der Waals surface area contributed by atoms with Crippen LogP contribution < -0.4 is 10.5 Å². The van der Waals surface area contributed by atoms with Gasteiger partial charge in [0.1, 0.15) is 0 Å². The zero-order valence-corrected chi connectivity index (χ0v) is 12.7.